The predicted molar refractivity (Wildman–Crippen MR) is 163 cm³/mol. The van der Waals surface area contributed by atoms with Crippen LogP contribution in [-0.4, -0.2) is 18.5 Å². The maximum absolute atomic E-state index is 13.4. The third-order valence-corrected chi connectivity index (χ3v) is 9.37. The van der Waals surface area contributed by atoms with Crippen LogP contribution in [0.3, 0.4) is 0 Å². The second-order valence-corrected chi connectivity index (χ2v) is 12.6. The van der Waals surface area contributed by atoms with Gasteiger partial charge >= 0.3 is 5.63 Å². The van der Waals surface area contributed by atoms with Crippen LogP contribution in [0.5, 0.6) is 5.75 Å². The van der Waals surface area contributed by atoms with Gasteiger partial charge in [-0.05, 0) is 79.1 Å². The van der Waals surface area contributed by atoms with Crippen molar-refractivity contribution in [3.63, 3.8) is 0 Å². The molecule has 2 unspecified atom stereocenters. The molecule has 42 heavy (non-hydrogen) atoms. The molecule has 0 aliphatic heterocycles. The molecule has 0 radical (unpaired) electrons. The number of rotatable bonds is 10. The highest BCUT2D eigenvalue weighted by molar-refractivity contribution is 7.92. The fraction of sp³-hybridized carbons (Fsp3) is 0.235. The lowest BCUT2D eigenvalue weighted by Gasteiger charge is -2.20. The number of sulfonamides is 1. The molecule has 1 fully saturated rings. The second-order valence-electron chi connectivity index (χ2n) is 10.9. The Morgan fingerprint density at radius 3 is 2.52 bits per heavy atom. The van der Waals surface area contributed by atoms with Crippen LogP contribution in [0.4, 0.5) is 5.69 Å². The van der Waals surface area contributed by atoms with Gasteiger partial charge in [0.1, 0.15) is 11.5 Å². The van der Waals surface area contributed by atoms with Crippen molar-refractivity contribution in [2.24, 2.45) is 5.92 Å². The molecule has 5 aromatic rings. The lowest BCUT2D eigenvalue weighted by Crippen LogP contribution is -2.18. The third kappa shape index (κ3) is 5.81. The van der Waals surface area contributed by atoms with E-state index < -0.39 is 21.6 Å². The molecular weight excluding hydrogens is 548 g/mol. The van der Waals surface area contributed by atoms with Gasteiger partial charge in [0.15, 0.2) is 0 Å². The van der Waals surface area contributed by atoms with E-state index >= 15 is 0 Å². The van der Waals surface area contributed by atoms with Crippen LogP contribution in [0.1, 0.15) is 60.5 Å². The maximum atomic E-state index is 13.4. The van der Waals surface area contributed by atoms with Crippen LogP contribution in [0.25, 0.3) is 10.9 Å². The van der Waals surface area contributed by atoms with E-state index in [1.54, 1.807) is 48.7 Å². The average Bonchev–Trinajstić information content (AvgIpc) is 3.83. The molecule has 1 aliphatic rings. The van der Waals surface area contributed by atoms with Crippen molar-refractivity contribution in [1.82, 2.24) is 4.98 Å². The number of hydrogen-bond donors (Lipinski definition) is 2. The molecule has 7 nitrogen and oxygen atoms in total. The van der Waals surface area contributed by atoms with Gasteiger partial charge in [0.05, 0.1) is 16.0 Å². The van der Waals surface area contributed by atoms with Crippen LogP contribution in [0.15, 0.2) is 111 Å². The van der Waals surface area contributed by atoms with E-state index in [9.17, 15) is 18.3 Å². The fourth-order valence-corrected chi connectivity index (χ4v) is 6.76. The van der Waals surface area contributed by atoms with Crippen molar-refractivity contribution in [2.45, 2.75) is 49.3 Å². The molecule has 2 heterocycles. The quantitative estimate of drug-likeness (QED) is 0.185. The van der Waals surface area contributed by atoms with E-state index in [0.29, 0.717) is 23.4 Å². The monoisotopic (exact) mass is 580 g/mol. The first kappa shape index (κ1) is 27.7. The number of fused-ring (bicyclic) bond motifs is 1. The Balaban J connectivity index is 1.30. The lowest BCUT2D eigenvalue weighted by atomic mass is 9.86. The first-order chi connectivity index (χ1) is 20.3. The first-order valence-corrected chi connectivity index (χ1v) is 15.7. The Bertz CT molecular complexity index is 1900. The van der Waals surface area contributed by atoms with Crippen molar-refractivity contribution in [1.29, 1.82) is 0 Å². The Morgan fingerprint density at radius 1 is 0.976 bits per heavy atom. The Hall–Kier alpha value is -4.43. The summed E-state index contributed by atoms with van der Waals surface area (Å²) in [6.07, 6.45) is 4.91. The van der Waals surface area contributed by atoms with E-state index in [1.165, 1.54) is 6.07 Å². The summed E-state index contributed by atoms with van der Waals surface area (Å²) in [5.41, 5.74) is 2.62. The van der Waals surface area contributed by atoms with E-state index in [-0.39, 0.29) is 28.0 Å². The molecule has 2 atom stereocenters. The highest BCUT2D eigenvalue weighted by atomic mass is 32.2. The second kappa shape index (κ2) is 11.4. The molecule has 1 aliphatic carbocycles. The number of aromatic nitrogens is 1. The number of benzene rings is 3. The minimum Gasteiger partial charge on any atom is -0.507 e. The summed E-state index contributed by atoms with van der Waals surface area (Å²) in [5.74, 6) is 0.0641. The van der Waals surface area contributed by atoms with Crippen LogP contribution in [0.2, 0.25) is 0 Å². The minimum absolute atomic E-state index is 0.0527. The van der Waals surface area contributed by atoms with Crippen LogP contribution in [0, 0.1) is 5.92 Å². The van der Waals surface area contributed by atoms with E-state index in [4.69, 9.17) is 4.42 Å². The Morgan fingerprint density at radius 2 is 1.79 bits per heavy atom. The first-order valence-electron chi connectivity index (χ1n) is 14.2. The molecule has 1 saturated carbocycles. The lowest BCUT2D eigenvalue weighted by molar-refractivity contribution is 0.379. The van der Waals surface area contributed by atoms with Crippen LogP contribution >= 0.6 is 0 Å². The van der Waals surface area contributed by atoms with E-state index in [1.807, 2.05) is 49.4 Å². The predicted octanol–water partition coefficient (Wildman–Crippen LogP) is 6.97. The Labute approximate surface area is 244 Å². The van der Waals surface area contributed by atoms with Crippen molar-refractivity contribution in [2.75, 3.05) is 4.72 Å². The standard InChI is InChI=1S/C34H32N2O5S/c1-2-23(18-22-8-4-3-5-9-22)31-21-30(37)33(34(38)41-31)32(24-13-14-24)26-10-6-12-27(19-26)36-42(39,40)28-15-16-29-25(20-28)11-7-17-35-29/h3-12,15-17,19-21,23-24,32,36-37H,2,13-14,18H2,1H3. The van der Waals surface area contributed by atoms with Crippen molar-refractivity contribution < 1.29 is 17.9 Å². The van der Waals surface area contributed by atoms with Gasteiger partial charge in [-0.15, -0.1) is 0 Å². The van der Waals surface area contributed by atoms with E-state index in [2.05, 4.69) is 9.71 Å². The van der Waals surface area contributed by atoms with Crippen molar-refractivity contribution >= 4 is 26.6 Å². The number of aromatic hydroxyl groups is 1. The highest BCUT2D eigenvalue weighted by Gasteiger charge is 2.38. The highest BCUT2D eigenvalue weighted by Crippen LogP contribution is 2.48. The number of hydrogen-bond acceptors (Lipinski definition) is 6. The molecular formula is C34H32N2O5S. The van der Waals surface area contributed by atoms with Crippen LogP contribution in [-0.2, 0) is 16.4 Å². The molecule has 2 aromatic heterocycles. The Kier molecular flexibility index (Phi) is 7.56. The molecule has 0 spiro atoms. The molecule has 0 saturated heterocycles. The van der Waals surface area contributed by atoms with Gasteiger partial charge in [0.2, 0.25) is 0 Å². The number of nitrogens with one attached hydrogen (secondary N) is 1. The fourth-order valence-electron chi connectivity index (χ4n) is 5.68. The molecule has 6 rings (SSSR count). The van der Waals surface area contributed by atoms with Gasteiger partial charge in [-0.2, -0.15) is 0 Å². The number of pyridine rings is 1. The maximum Gasteiger partial charge on any atom is 0.343 e. The summed E-state index contributed by atoms with van der Waals surface area (Å²) in [6.45, 7) is 2.03. The van der Waals surface area contributed by atoms with Gasteiger partial charge in [-0.1, -0.05) is 55.5 Å². The molecule has 2 N–H and O–H groups in total. The van der Waals surface area contributed by atoms with Gasteiger partial charge in [-0.25, -0.2) is 13.2 Å². The molecule has 0 amide bonds. The topological polar surface area (TPSA) is 110 Å². The molecule has 8 heteroatoms. The molecule has 214 valence electrons. The average molecular weight is 581 g/mol. The van der Waals surface area contributed by atoms with Crippen LogP contribution < -0.4 is 10.3 Å². The SMILES string of the molecule is CCC(Cc1ccccc1)c1cc(O)c(C(c2cccc(NS(=O)(=O)c3ccc4ncccc4c3)c2)C2CC2)c(=O)o1. The number of anilines is 1. The summed E-state index contributed by atoms with van der Waals surface area (Å²) < 4.78 is 35.1. The summed E-state index contributed by atoms with van der Waals surface area (Å²) in [5, 5.41) is 11.9. The summed E-state index contributed by atoms with van der Waals surface area (Å²) in [6, 6.07) is 27.0. The zero-order valence-corrected chi connectivity index (χ0v) is 24.1. The summed E-state index contributed by atoms with van der Waals surface area (Å²) in [7, 11) is -3.88. The van der Waals surface area contributed by atoms with Gasteiger partial charge in [0.25, 0.3) is 10.0 Å². The zero-order chi connectivity index (χ0) is 29.3. The minimum atomic E-state index is -3.88. The number of nitrogens with zero attached hydrogens (tertiary/aromatic N) is 1. The van der Waals surface area contributed by atoms with Gasteiger partial charge < -0.3 is 9.52 Å². The van der Waals surface area contributed by atoms with Crippen molar-refractivity contribution in [3.8, 4) is 5.75 Å². The smallest absolute Gasteiger partial charge is 0.343 e. The normalized spacial score (nSPS) is 14.9. The summed E-state index contributed by atoms with van der Waals surface area (Å²) >= 11 is 0. The van der Waals surface area contributed by atoms with Crippen molar-refractivity contribution in [3.05, 3.63) is 130 Å². The largest absolute Gasteiger partial charge is 0.507 e. The summed E-state index contributed by atoms with van der Waals surface area (Å²) in [4.78, 5) is 17.8. The van der Waals surface area contributed by atoms with Gasteiger partial charge in [0, 0.05) is 35.2 Å². The van der Waals surface area contributed by atoms with Gasteiger partial charge in [-0.3, -0.25) is 9.71 Å². The molecule has 0 bridgehead atoms. The van der Waals surface area contributed by atoms with E-state index in [0.717, 1.165) is 35.8 Å². The molecule has 3 aromatic carbocycles. The third-order valence-electron chi connectivity index (χ3n) is 7.99. The zero-order valence-electron chi connectivity index (χ0n) is 23.2.